The molecular weight excluding hydrogens is 370 g/mol. The maximum Gasteiger partial charge on any atom is 0.347 e. The van der Waals surface area contributed by atoms with Crippen molar-refractivity contribution in [2.75, 3.05) is 17.5 Å². The minimum absolute atomic E-state index is 0.00246. The van der Waals surface area contributed by atoms with E-state index in [2.05, 4.69) is 0 Å². The Labute approximate surface area is 156 Å². The second kappa shape index (κ2) is 6.70. The summed E-state index contributed by atoms with van der Waals surface area (Å²) in [7, 11) is -3.81. The van der Waals surface area contributed by atoms with E-state index in [0.717, 1.165) is 5.56 Å². The third kappa shape index (κ3) is 3.16. The van der Waals surface area contributed by atoms with Gasteiger partial charge in [0.2, 0.25) is 6.10 Å². The van der Waals surface area contributed by atoms with Gasteiger partial charge in [0.05, 0.1) is 22.8 Å². The molecule has 0 radical (unpaired) electrons. The van der Waals surface area contributed by atoms with Gasteiger partial charge in [-0.25, -0.2) is 18.0 Å². The molecule has 2 aliphatic rings. The molecule has 1 saturated heterocycles. The second-order valence-corrected chi connectivity index (χ2v) is 8.20. The second-order valence-electron chi connectivity index (χ2n) is 6.33. The van der Waals surface area contributed by atoms with E-state index >= 15 is 0 Å². The Morgan fingerprint density at radius 2 is 1.96 bits per heavy atom. The zero-order valence-corrected chi connectivity index (χ0v) is 15.1. The Morgan fingerprint density at radius 3 is 2.74 bits per heavy atom. The molecule has 0 aromatic heterocycles. The van der Waals surface area contributed by atoms with Crippen molar-refractivity contribution < 1.29 is 27.5 Å². The van der Waals surface area contributed by atoms with Gasteiger partial charge in [-0.05, 0) is 36.2 Å². The number of carbonyl (C=O) groups excluding carboxylic acids is 2. The highest BCUT2D eigenvalue weighted by atomic mass is 32.2. The van der Waals surface area contributed by atoms with Crippen LogP contribution in [0.5, 0.6) is 0 Å². The Bertz CT molecular complexity index is 1020. The number of carbonyl (C=O) groups is 2. The average molecular weight is 387 g/mol. The van der Waals surface area contributed by atoms with Gasteiger partial charge in [-0.2, -0.15) is 0 Å². The lowest BCUT2D eigenvalue weighted by Crippen LogP contribution is -2.29. The lowest BCUT2D eigenvalue weighted by Gasteiger charge is -2.20. The molecule has 0 bridgehead atoms. The number of anilines is 1. The van der Waals surface area contributed by atoms with Gasteiger partial charge in [-0.1, -0.05) is 24.3 Å². The minimum atomic E-state index is -3.81. The Balaban J connectivity index is 1.60. The van der Waals surface area contributed by atoms with Crippen molar-refractivity contribution in [3.05, 3.63) is 59.7 Å². The van der Waals surface area contributed by atoms with E-state index in [0.29, 0.717) is 25.1 Å². The van der Waals surface area contributed by atoms with Gasteiger partial charge in [0.1, 0.15) is 0 Å². The zero-order valence-electron chi connectivity index (χ0n) is 14.3. The molecule has 1 fully saturated rings. The molecule has 1 unspecified atom stereocenters. The highest BCUT2D eigenvalue weighted by Crippen LogP contribution is 2.32. The quantitative estimate of drug-likeness (QED) is 0.745. The van der Waals surface area contributed by atoms with Crippen molar-refractivity contribution in [3.8, 4) is 0 Å². The van der Waals surface area contributed by atoms with Crippen LogP contribution in [0.1, 0.15) is 22.3 Å². The first-order valence-corrected chi connectivity index (χ1v) is 9.99. The van der Waals surface area contributed by atoms with Gasteiger partial charge < -0.3 is 9.47 Å². The van der Waals surface area contributed by atoms with E-state index in [-0.39, 0.29) is 17.1 Å². The lowest BCUT2D eigenvalue weighted by atomic mass is 10.2. The predicted octanol–water partition coefficient (Wildman–Crippen LogP) is 1.91. The van der Waals surface area contributed by atoms with Crippen LogP contribution in [-0.2, 0) is 30.7 Å². The number of para-hydroxylation sites is 1. The van der Waals surface area contributed by atoms with Crippen molar-refractivity contribution in [2.45, 2.75) is 23.8 Å². The maximum atomic E-state index is 13.1. The molecule has 0 saturated carbocycles. The number of benzene rings is 2. The third-order valence-electron chi connectivity index (χ3n) is 4.64. The standard InChI is InChI=1S/C19H17NO6S/c21-18(26-17-9-11-25-19(17)22)14-5-3-6-15(12-14)27(23,24)20-10-8-13-4-1-2-7-16(13)20/h1-7,12,17H,8-11H2. The fraction of sp³-hybridized carbons (Fsp3) is 0.263. The number of esters is 2. The van der Waals surface area contributed by atoms with Gasteiger partial charge in [0.15, 0.2) is 0 Å². The summed E-state index contributed by atoms with van der Waals surface area (Å²) in [6.45, 7) is 0.559. The number of cyclic esters (lactones) is 1. The smallest absolute Gasteiger partial charge is 0.347 e. The predicted molar refractivity (Wildman–Crippen MR) is 95.9 cm³/mol. The first-order valence-electron chi connectivity index (χ1n) is 8.55. The third-order valence-corrected chi connectivity index (χ3v) is 6.45. The van der Waals surface area contributed by atoms with Crippen LogP contribution in [0.4, 0.5) is 5.69 Å². The van der Waals surface area contributed by atoms with Crippen molar-refractivity contribution >= 4 is 27.6 Å². The molecule has 0 N–H and O–H groups in total. The van der Waals surface area contributed by atoms with Crippen LogP contribution in [0.25, 0.3) is 0 Å². The first-order chi connectivity index (χ1) is 13.0. The molecule has 7 nitrogen and oxygen atoms in total. The van der Waals surface area contributed by atoms with E-state index in [1.807, 2.05) is 12.1 Å². The van der Waals surface area contributed by atoms with Gasteiger partial charge in [-0.15, -0.1) is 0 Å². The minimum Gasteiger partial charge on any atom is -0.463 e. The molecule has 0 spiro atoms. The van der Waals surface area contributed by atoms with Crippen LogP contribution in [-0.4, -0.2) is 39.6 Å². The molecule has 2 aliphatic heterocycles. The largest absolute Gasteiger partial charge is 0.463 e. The number of nitrogens with zero attached hydrogens (tertiary/aromatic N) is 1. The first kappa shape index (κ1) is 17.5. The van der Waals surface area contributed by atoms with Crippen LogP contribution < -0.4 is 4.31 Å². The summed E-state index contributed by atoms with van der Waals surface area (Å²) in [5.74, 6) is -1.33. The molecule has 4 rings (SSSR count). The van der Waals surface area contributed by atoms with Gasteiger partial charge >= 0.3 is 11.9 Å². The normalized spacial score (nSPS) is 18.9. The molecule has 1 atom stereocenters. The van der Waals surface area contributed by atoms with Gasteiger partial charge in [0, 0.05) is 13.0 Å². The van der Waals surface area contributed by atoms with E-state index in [1.165, 1.54) is 28.6 Å². The van der Waals surface area contributed by atoms with Gasteiger partial charge in [0.25, 0.3) is 10.0 Å². The number of hydrogen-bond donors (Lipinski definition) is 0. The van der Waals surface area contributed by atoms with E-state index in [9.17, 15) is 18.0 Å². The van der Waals surface area contributed by atoms with E-state index < -0.39 is 28.1 Å². The number of fused-ring (bicyclic) bond motifs is 1. The molecule has 27 heavy (non-hydrogen) atoms. The molecular formula is C19H17NO6S. The Hall–Kier alpha value is -2.87. The van der Waals surface area contributed by atoms with Gasteiger partial charge in [-0.3, -0.25) is 4.31 Å². The summed E-state index contributed by atoms with van der Waals surface area (Å²) in [4.78, 5) is 23.8. The molecule has 2 aromatic rings. The van der Waals surface area contributed by atoms with Crippen molar-refractivity contribution in [3.63, 3.8) is 0 Å². The number of hydrogen-bond acceptors (Lipinski definition) is 6. The number of rotatable bonds is 4. The molecule has 2 aromatic carbocycles. The lowest BCUT2D eigenvalue weighted by molar-refractivity contribution is -0.145. The fourth-order valence-electron chi connectivity index (χ4n) is 3.25. The highest BCUT2D eigenvalue weighted by Gasteiger charge is 2.33. The maximum absolute atomic E-state index is 13.1. The topological polar surface area (TPSA) is 90.0 Å². The molecule has 140 valence electrons. The average Bonchev–Trinajstić information content (AvgIpc) is 3.28. The molecule has 0 amide bonds. The van der Waals surface area contributed by atoms with Crippen LogP contribution in [0, 0.1) is 0 Å². The summed E-state index contributed by atoms with van der Waals surface area (Å²) < 4.78 is 37.4. The Kier molecular flexibility index (Phi) is 4.35. The van der Waals surface area contributed by atoms with Crippen LogP contribution >= 0.6 is 0 Å². The molecule has 8 heteroatoms. The van der Waals surface area contributed by atoms with Crippen LogP contribution in [0.3, 0.4) is 0 Å². The summed E-state index contributed by atoms with van der Waals surface area (Å²) in [5, 5.41) is 0. The Morgan fingerprint density at radius 1 is 1.15 bits per heavy atom. The van der Waals surface area contributed by atoms with Crippen molar-refractivity contribution in [1.82, 2.24) is 0 Å². The van der Waals surface area contributed by atoms with Crippen molar-refractivity contribution in [1.29, 1.82) is 0 Å². The fourth-order valence-corrected chi connectivity index (χ4v) is 4.80. The van der Waals surface area contributed by atoms with Crippen LogP contribution in [0.15, 0.2) is 53.4 Å². The number of sulfonamides is 1. The summed E-state index contributed by atoms with van der Waals surface area (Å²) in [5.41, 5.74) is 1.69. The van der Waals surface area contributed by atoms with Crippen LogP contribution in [0.2, 0.25) is 0 Å². The van der Waals surface area contributed by atoms with E-state index in [4.69, 9.17) is 9.47 Å². The SMILES string of the molecule is O=C(OC1CCOC1=O)c1cccc(S(=O)(=O)N2CCc3ccccc32)c1. The summed E-state index contributed by atoms with van der Waals surface area (Å²) >= 11 is 0. The van der Waals surface area contributed by atoms with E-state index in [1.54, 1.807) is 12.1 Å². The highest BCUT2D eigenvalue weighted by molar-refractivity contribution is 7.92. The number of ether oxygens (including phenoxy) is 2. The van der Waals surface area contributed by atoms with Crippen molar-refractivity contribution in [2.24, 2.45) is 0 Å². The summed E-state index contributed by atoms with van der Waals surface area (Å²) in [6, 6.07) is 13.0. The molecule has 2 heterocycles. The zero-order chi connectivity index (χ0) is 19.0. The summed E-state index contributed by atoms with van der Waals surface area (Å²) in [6.07, 6.45) is -0.00292. The monoisotopic (exact) mass is 387 g/mol. The molecule has 0 aliphatic carbocycles.